The number of halogens is 1. The summed E-state index contributed by atoms with van der Waals surface area (Å²) in [5.41, 5.74) is 0.534. The molecule has 1 N–H and O–H groups in total. The molecule has 0 radical (unpaired) electrons. The summed E-state index contributed by atoms with van der Waals surface area (Å²) in [6.07, 6.45) is 1.41. The van der Waals surface area contributed by atoms with Crippen LogP contribution in [0.2, 0.25) is 0 Å². The molecule has 0 unspecified atom stereocenters. The van der Waals surface area contributed by atoms with Gasteiger partial charge < -0.3 is 10.1 Å². The van der Waals surface area contributed by atoms with Gasteiger partial charge in [0, 0.05) is 19.5 Å². The number of hydrogen-bond acceptors (Lipinski definition) is 5. The minimum atomic E-state index is -3.41. The van der Waals surface area contributed by atoms with Crippen molar-refractivity contribution in [3.05, 3.63) is 22.9 Å². The molecule has 1 amide bonds. The van der Waals surface area contributed by atoms with Gasteiger partial charge in [-0.15, -0.1) is 0 Å². The molecule has 0 spiro atoms. The van der Waals surface area contributed by atoms with Crippen molar-refractivity contribution in [2.45, 2.75) is 6.42 Å². The minimum absolute atomic E-state index is 0.0875. The number of nitrogens with one attached hydrogen (secondary N) is 1. The average molecular weight is 378 g/mol. The van der Waals surface area contributed by atoms with Gasteiger partial charge in [0.25, 0.3) is 0 Å². The molecule has 1 aromatic rings. The third kappa shape index (κ3) is 5.03. The smallest absolute Gasteiger partial charge is 0.225 e. The maximum Gasteiger partial charge on any atom is 0.225 e. The maximum absolute atomic E-state index is 12.1. The van der Waals surface area contributed by atoms with E-state index in [-0.39, 0.29) is 18.1 Å². The number of nitrogens with zero attached hydrogens (tertiary/aromatic N) is 2. The van der Waals surface area contributed by atoms with E-state index in [1.807, 2.05) is 0 Å². The summed E-state index contributed by atoms with van der Waals surface area (Å²) in [6, 6.07) is 3.38. The fourth-order valence-electron chi connectivity index (χ4n) is 1.85. The van der Waals surface area contributed by atoms with Crippen LogP contribution in [0.4, 0.5) is 5.69 Å². The first-order chi connectivity index (χ1) is 9.97. The molecule has 1 aliphatic rings. The minimum Gasteiger partial charge on any atom is -0.379 e. The van der Waals surface area contributed by atoms with Crippen LogP contribution in [0.15, 0.2) is 22.9 Å². The van der Waals surface area contributed by atoms with Gasteiger partial charge in [-0.05, 0) is 28.1 Å². The summed E-state index contributed by atoms with van der Waals surface area (Å²) in [6.45, 7) is 1.49. The summed E-state index contributed by atoms with van der Waals surface area (Å²) in [4.78, 5) is 15.7. The third-order valence-corrected chi connectivity index (χ3v) is 5.30. The van der Waals surface area contributed by atoms with Gasteiger partial charge in [0.1, 0.15) is 4.60 Å². The van der Waals surface area contributed by atoms with Crippen LogP contribution in [-0.2, 0) is 19.6 Å². The van der Waals surface area contributed by atoms with Gasteiger partial charge in [0.2, 0.25) is 15.9 Å². The SMILES string of the molecule is O=C(CCS(=O)(=O)N1CCOCC1)Nc1ccc(Br)nc1. The number of amides is 1. The van der Waals surface area contributed by atoms with Crippen molar-refractivity contribution in [2.75, 3.05) is 37.4 Å². The molecule has 2 rings (SSSR count). The van der Waals surface area contributed by atoms with Gasteiger partial charge in [-0.3, -0.25) is 4.79 Å². The summed E-state index contributed by atoms with van der Waals surface area (Å²) in [7, 11) is -3.41. The van der Waals surface area contributed by atoms with E-state index in [0.29, 0.717) is 36.6 Å². The highest BCUT2D eigenvalue weighted by Crippen LogP contribution is 2.11. The fraction of sp³-hybridized carbons (Fsp3) is 0.500. The summed E-state index contributed by atoms with van der Waals surface area (Å²) in [5.74, 6) is -0.557. The zero-order chi connectivity index (χ0) is 15.3. The number of rotatable bonds is 5. The Balaban J connectivity index is 1.84. The Bertz CT molecular complexity index is 585. The maximum atomic E-state index is 12.1. The second-order valence-corrected chi connectivity index (χ2v) is 7.40. The summed E-state index contributed by atoms with van der Waals surface area (Å²) in [5, 5.41) is 2.61. The van der Waals surface area contributed by atoms with Gasteiger partial charge in [-0.1, -0.05) is 0 Å². The Morgan fingerprint density at radius 1 is 1.38 bits per heavy atom. The number of sulfonamides is 1. The van der Waals surface area contributed by atoms with Gasteiger partial charge >= 0.3 is 0 Å². The third-order valence-electron chi connectivity index (χ3n) is 2.96. The van der Waals surface area contributed by atoms with Crippen LogP contribution >= 0.6 is 15.9 Å². The Kier molecular flexibility index (Phi) is 5.68. The molecule has 1 aromatic heterocycles. The van der Waals surface area contributed by atoms with E-state index in [0.717, 1.165) is 0 Å². The van der Waals surface area contributed by atoms with Crippen molar-refractivity contribution in [3.63, 3.8) is 0 Å². The van der Waals surface area contributed by atoms with Crippen molar-refractivity contribution >= 4 is 37.5 Å². The molecule has 0 bridgehead atoms. The van der Waals surface area contributed by atoms with Crippen LogP contribution < -0.4 is 5.32 Å². The molecule has 0 atom stereocenters. The lowest BCUT2D eigenvalue weighted by molar-refractivity contribution is -0.115. The van der Waals surface area contributed by atoms with E-state index in [9.17, 15) is 13.2 Å². The van der Waals surface area contributed by atoms with Crippen molar-refractivity contribution in [3.8, 4) is 0 Å². The number of carbonyl (C=O) groups excluding carboxylic acids is 1. The van der Waals surface area contributed by atoms with Crippen LogP contribution in [0, 0.1) is 0 Å². The molecular weight excluding hydrogens is 362 g/mol. The number of carbonyl (C=O) groups is 1. The molecule has 0 aromatic carbocycles. The van der Waals surface area contributed by atoms with Gasteiger partial charge in [-0.2, -0.15) is 4.31 Å². The predicted molar refractivity (Wildman–Crippen MR) is 81.4 cm³/mol. The molecule has 0 saturated carbocycles. The highest BCUT2D eigenvalue weighted by Gasteiger charge is 2.24. The number of ether oxygens (including phenoxy) is 1. The zero-order valence-corrected chi connectivity index (χ0v) is 13.7. The van der Waals surface area contributed by atoms with Crippen molar-refractivity contribution in [1.29, 1.82) is 0 Å². The molecule has 1 saturated heterocycles. The Hall–Kier alpha value is -1.03. The van der Waals surface area contributed by atoms with E-state index in [1.54, 1.807) is 12.1 Å². The Morgan fingerprint density at radius 2 is 2.10 bits per heavy atom. The average Bonchev–Trinajstić information content (AvgIpc) is 2.49. The molecule has 1 aliphatic heterocycles. The monoisotopic (exact) mass is 377 g/mol. The number of pyridine rings is 1. The number of hydrogen-bond donors (Lipinski definition) is 1. The quantitative estimate of drug-likeness (QED) is 0.767. The lowest BCUT2D eigenvalue weighted by Crippen LogP contribution is -2.42. The molecule has 21 heavy (non-hydrogen) atoms. The molecule has 7 nitrogen and oxygen atoms in total. The highest BCUT2D eigenvalue weighted by molar-refractivity contribution is 9.10. The van der Waals surface area contributed by atoms with Crippen LogP contribution in [0.3, 0.4) is 0 Å². The number of morpholine rings is 1. The highest BCUT2D eigenvalue weighted by atomic mass is 79.9. The van der Waals surface area contributed by atoms with Crippen molar-refractivity contribution in [2.24, 2.45) is 0 Å². The largest absolute Gasteiger partial charge is 0.379 e. The predicted octanol–water partition coefficient (Wildman–Crippen LogP) is 0.835. The Labute approximate surface area is 131 Å². The van der Waals surface area contributed by atoms with Crippen molar-refractivity contribution < 1.29 is 17.9 Å². The van der Waals surface area contributed by atoms with E-state index in [4.69, 9.17) is 4.74 Å². The molecule has 116 valence electrons. The molecule has 2 heterocycles. The van der Waals surface area contributed by atoms with Crippen LogP contribution in [0.1, 0.15) is 6.42 Å². The fourth-order valence-corrected chi connectivity index (χ4v) is 3.49. The Morgan fingerprint density at radius 3 is 2.71 bits per heavy atom. The lowest BCUT2D eigenvalue weighted by Gasteiger charge is -2.25. The number of aromatic nitrogens is 1. The molecule has 1 fully saturated rings. The van der Waals surface area contributed by atoms with Crippen LogP contribution in [0.5, 0.6) is 0 Å². The first-order valence-electron chi connectivity index (χ1n) is 6.44. The summed E-state index contributed by atoms with van der Waals surface area (Å²) < 4.78 is 31.3. The normalized spacial score (nSPS) is 16.6. The standard InChI is InChI=1S/C12H16BrN3O4S/c13-11-2-1-10(9-14-11)15-12(17)3-8-21(18,19)16-4-6-20-7-5-16/h1-2,9H,3-8H2,(H,15,17). The molecular formula is C12H16BrN3O4S. The topological polar surface area (TPSA) is 88.6 Å². The first-order valence-corrected chi connectivity index (χ1v) is 8.84. The van der Waals surface area contributed by atoms with Crippen LogP contribution in [0.25, 0.3) is 0 Å². The van der Waals surface area contributed by atoms with Gasteiger partial charge in [-0.25, -0.2) is 13.4 Å². The van der Waals surface area contributed by atoms with E-state index in [1.165, 1.54) is 10.5 Å². The van der Waals surface area contributed by atoms with E-state index in [2.05, 4.69) is 26.2 Å². The molecule has 9 heteroatoms. The van der Waals surface area contributed by atoms with E-state index >= 15 is 0 Å². The van der Waals surface area contributed by atoms with Crippen molar-refractivity contribution in [1.82, 2.24) is 9.29 Å². The van der Waals surface area contributed by atoms with Crippen LogP contribution in [-0.4, -0.2) is 55.7 Å². The first kappa shape index (κ1) is 16.3. The lowest BCUT2D eigenvalue weighted by atomic mass is 10.4. The second-order valence-electron chi connectivity index (χ2n) is 4.50. The van der Waals surface area contributed by atoms with E-state index < -0.39 is 10.0 Å². The summed E-state index contributed by atoms with van der Waals surface area (Å²) >= 11 is 3.19. The number of anilines is 1. The van der Waals surface area contributed by atoms with Gasteiger partial charge in [0.05, 0.1) is 30.9 Å². The molecule has 0 aliphatic carbocycles. The zero-order valence-electron chi connectivity index (χ0n) is 11.3. The second kappa shape index (κ2) is 7.30. The van der Waals surface area contributed by atoms with Gasteiger partial charge in [0.15, 0.2) is 0 Å².